The molecule has 3 heterocycles. The summed E-state index contributed by atoms with van der Waals surface area (Å²) in [5.74, 6) is 0.915. The van der Waals surface area contributed by atoms with Crippen LogP contribution in [0, 0.1) is 6.92 Å². The van der Waals surface area contributed by atoms with E-state index in [0.717, 1.165) is 36.6 Å². The molecule has 0 radical (unpaired) electrons. The van der Waals surface area contributed by atoms with Crippen molar-refractivity contribution in [2.75, 3.05) is 13.7 Å². The van der Waals surface area contributed by atoms with Crippen LogP contribution in [0.4, 0.5) is 0 Å². The van der Waals surface area contributed by atoms with Gasteiger partial charge in [0.1, 0.15) is 11.4 Å². The summed E-state index contributed by atoms with van der Waals surface area (Å²) in [5, 5.41) is 3.48. The number of fused-ring (bicyclic) bond motifs is 1. The normalized spacial score (nSPS) is 18.1. The molecule has 180 valence electrons. The quantitative estimate of drug-likeness (QED) is 0.391. The molecule has 2 atom stereocenters. The fraction of sp³-hybridized carbons (Fsp3) is 0.286. The van der Waals surface area contributed by atoms with Crippen LogP contribution in [0.15, 0.2) is 84.0 Å². The van der Waals surface area contributed by atoms with E-state index in [4.69, 9.17) is 4.74 Å². The van der Waals surface area contributed by atoms with Gasteiger partial charge in [-0.2, -0.15) is 0 Å². The molecule has 4 aromatic rings. The largest absolute Gasteiger partial charge is 0.497 e. The average Bonchev–Trinajstić information content (AvgIpc) is 3.48. The predicted molar refractivity (Wildman–Crippen MR) is 140 cm³/mol. The van der Waals surface area contributed by atoms with Gasteiger partial charge in [0, 0.05) is 35.6 Å². The second-order valence-corrected chi connectivity index (χ2v) is 10.4. The van der Waals surface area contributed by atoms with Crippen LogP contribution in [-0.2, 0) is 17.9 Å². The number of aryl methyl sites for hydroxylation is 1. The van der Waals surface area contributed by atoms with E-state index in [1.54, 1.807) is 7.11 Å². The second-order valence-electron chi connectivity index (χ2n) is 9.00. The van der Waals surface area contributed by atoms with Crippen molar-refractivity contribution in [3.8, 4) is 5.75 Å². The number of rotatable bonds is 8. The van der Waals surface area contributed by atoms with Gasteiger partial charge in [0.25, 0.3) is 0 Å². The SMILES string of the molecule is COc1ccc(S[C@@H]2C[C@@H](C(=O)NCc3cn4ccccc4n3)N(Cc3ccc(C)cc3)C2)cc1. The lowest BCUT2D eigenvalue weighted by Crippen LogP contribution is -2.42. The Hall–Kier alpha value is -3.29. The first kappa shape index (κ1) is 23.5. The number of amides is 1. The highest BCUT2D eigenvalue weighted by Crippen LogP contribution is 2.34. The Morgan fingerprint density at radius 1 is 1.11 bits per heavy atom. The first-order chi connectivity index (χ1) is 17.1. The molecule has 1 saturated heterocycles. The molecule has 0 spiro atoms. The highest BCUT2D eigenvalue weighted by Gasteiger charge is 2.37. The number of benzene rings is 2. The molecule has 1 fully saturated rings. The maximum absolute atomic E-state index is 13.4. The summed E-state index contributed by atoms with van der Waals surface area (Å²) in [6, 6.07) is 22.5. The lowest BCUT2D eigenvalue weighted by atomic mass is 10.1. The zero-order chi connectivity index (χ0) is 24.2. The van der Waals surface area contributed by atoms with Crippen molar-refractivity contribution in [1.82, 2.24) is 19.6 Å². The number of nitrogens with one attached hydrogen (secondary N) is 1. The van der Waals surface area contributed by atoms with Gasteiger partial charge in [-0.25, -0.2) is 4.98 Å². The number of hydrogen-bond acceptors (Lipinski definition) is 5. The third-order valence-corrected chi connectivity index (χ3v) is 7.61. The zero-order valence-electron chi connectivity index (χ0n) is 20.1. The smallest absolute Gasteiger partial charge is 0.237 e. The van der Waals surface area contributed by atoms with E-state index in [1.807, 2.05) is 58.9 Å². The second kappa shape index (κ2) is 10.5. The molecule has 6 nitrogen and oxygen atoms in total. The minimum atomic E-state index is -0.177. The van der Waals surface area contributed by atoms with E-state index in [2.05, 4.69) is 58.5 Å². The summed E-state index contributed by atoms with van der Waals surface area (Å²) >= 11 is 1.83. The van der Waals surface area contributed by atoms with Crippen molar-refractivity contribution in [3.05, 3.63) is 95.9 Å². The van der Waals surface area contributed by atoms with E-state index in [1.165, 1.54) is 16.0 Å². The molecule has 2 aromatic heterocycles. The number of hydrogen-bond donors (Lipinski definition) is 1. The number of carbonyl (C=O) groups is 1. The Morgan fingerprint density at radius 3 is 2.66 bits per heavy atom. The maximum atomic E-state index is 13.4. The number of carbonyl (C=O) groups excluding carboxylic acids is 1. The van der Waals surface area contributed by atoms with Crippen molar-refractivity contribution in [3.63, 3.8) is 0 Å². The molecule has 0 unspecified atom stereocenters. The van der Waals surface area contributed by atoms with Crippen LogP contribution in [0.2, 0.25) is 0 Å². The minimum Gasteiger partial charge on any atom is -0.497 e. The van der Waals surface area contributed by atoms with E-state index < -0.39 is 0 Å². The standard InChI is InChI=1S/C28H30N4O2S/c1-20-6-8-21(9-7-20)17-32-19-25(35-24-12-10-23(34-2)11-13-24)15-26(32)28(33)29-16-22-18-31-14-4-3-5-27(31)30-22/h3-14,18,25-26H,15-17,19H2,1-2H3,(H,29,33)/t25-,26+/m1/s1. The summed E-state index contributed by atoms with van der Waals surface area (Å²) in [7, 11) is 1.68. The Labute approximate surface area is 210 Å². The molecule has 35 heavy (non-hydrogen) atoms. The van der Waals surface area contributed by atoms with E-state index >= 15 is 0 Å². The number of methoxy groups -OCH3 is 1. The molecule has 0 bridgehead atoms. The summed E-state index contributed by atoms with van der Waals surface area (Å²) in [4.78, 5) is 21.5. The van der Waals surface area contributed by atoms with Crippen molar-refractivity contribution in [1.29, 1.82) is 0 Å². The summed E-state index contributed by atoms with van der Waals surface area (Å²) in [6.45, 7) is 4.13. The fourth-order valence-electron chi connectivity index (χ4n) is 4.54. The van der Waals surface area contributed by atoms with Crippen LogP contribution in [-0.4, -0.2) is 45.1 Å². The lowest BCUT2D eigenvalue weighted by molar-refractivity contribution is -0.125. The molecule has 7 heteroatoms. The van der Waals surface area contributed by atoms with Crippen LogP contribution in [0.5, 0.6) is 5.75 Å². The Kier molecular flexibility index (Phi) is 7.06. The first-order valence-corrected chi connectivity index (χ1v) is 12.8. The molecular weight excluding hydrogens is 456 g/mol. The van der Waals surface area contributed by atoms with Crippen molar-refractivity contribution in [2.24, 2.45) is 0 Å². The highest BCUT2D eigenvalue weighted by atomic mass is 32.2. The molecular formula is C28H30N4O2S. The molecule has 1 amide bonds. The molecule has 2 aromatic carbocycles. The number of imidazole rings is 1. The van der Waals surface area contributed by atoms with Crippen molar-refractivity contribution in [2.45, 2.75) is 42.6 Å². The number of ether oxygens (including phenoxy) is 1. The molecule has 0 saturated carbocycles. The first-order valence-electron chi connectivity index (χ1n) is 11.9. The maximum Gasteiger partial charge on any atom is 0.237 e. The number of likely N-dealkylation sites (tertiary alicyclic amines) is 1. The molecule has 1 N–H and O–H groups in total. The minimum absolute atomic E-state index is 0.0620. The van der Waals surface area contributed by atoms with Crippen LogP contribution >= 0.6 is 11.8 Å². The van der Waals surface area contributed by atoms with Crippen molar-refractivity contribution < 1.29 is 9.53 Å². The van der Waals surface area contributed by atoms with Crippen LogP contribution < -0.4 is 10.1 Å². The summed E-state index contributed by atoms with van der Waals surface area (Å²) in [5.41, 5.74) is 4.21. The Balaban J connectivity index is 1.28. The lowest BCUT2D eigenvalue weighted by Gasteiger charge is -2.23. The molecule has 1 aliphatic heterocycles. The van der Waals surface area contributed by atoms with Gasteiger partial charge in [-0.1, -0.05) is 35.9 Å². The number of pyridine rings is 1. The van der Waals surface area contributed by atoms with Crippen LogP contribution in [0.25, 0.3) is 5.65 Å². The van der Waals surface area contributed by atoms with Crippen LogP contribution in [0.1, 0.15) is 23.2 Å². The highest BCUT2D eigenvalue weighted by molar-refractivity contribution is 8.00. The van der Waals surface area contributed by atoms with E-state index in [-0.39, 0.29) is 11.9 Å². The Morgan fingerprint density at radius 2 is 1.91 bits per heavy atom. The van der Waals surface area contributed by atoms with Gasteiger partial charge in [-0.3, -0.25) is 9.69 Å². The van der Waals surface area contributed by atoms with Gasteiger partial charge >= 0.3 is 0 Å². The third kappa shape index (κ3) is 5.69. The van der Waals surface area contributed by atoms with Gasteiger partial charge < -0.3 is 14.5 Å². The Bertz CT molecular complexity index is 1250. The predicted octanol–water partition coefficient (Wildman–Crippen LogP) is 4.70. The molecule has 0 aliphatic carbocycles. The molecule has 1 aliphatic rings. The van der Waals surface area contributed by atoms with Gasteiger partial charge in [-0.05, 0) is 55.3 Å². The summed E-state index contributed by atoms with van der Waals surface area (Å²) < 4.78 is 7.26. The average molecular weight is 487 g/mol. The fourth-order valence-corrected chi connectivity index (χ4v) is 5.76. The number of thioether (sulfide) groups is 1. The van der Waals surface area contributed by atoms with Gasteiger partial charge in [-0.15, -0.1) is 11.8 Å². The van der Waals surface area contributed by atoms with Crippen LogP contribution in [0.3, 0.4) is 0 Å². The van der Waals surface area contributed by atoms with Gasteiger partial charge in [0.15, 0.2) is 0 Å². The number of aromatic nitrogens is 2. The number of nitrogens with zero attached hydrogens (tertiary/aromatic N) is 3. The van der Waals surface area contributed by atoms with E-state index in [0.29, 0.717) is 11.8 Å². The zero-order valence-corrected chi connectivity index (χ0v) is 20.9. The van der Waals surface area contributed by atoms with Crippen molar-refractivity contribution >= 4 is 23.3 Å². The third-order valence-electron chi connectivity index (χ3n) is 6.39. The van der Waals surface area contributed by atoms with Gasteiger partial charge in [0.2, 0.25) is 5.91 Å². The molecule has 5 rings (SSSR count). The van der Waals surface area contributed by atoms with E-state index in [9.17, 15) is 4.79 Å². The van der Waals surface area contributed by atoms with Gasteiger partial charge in [0.05, 0.1) is 25.4 Å². The topological polar surface area (TPSA) is 58.9 Å². The monoisotopic (exact) mass is 486 g/mol. The summed E-state index contributed by atoms with van der Waals surface area (Å²) in [6.07, 6.45) is 4.74.